The van der Waals surface area contributed by atoms with E-state index in [9.17, 15) is 18.3 Å². The van der Waals surface area contributed by atoms with Crippen LogP contribution in [0.25, 0.3) is 0 Å². The highest BCUT2D eigenvalue weighted by molar-refractivity contribution is 7.89. The number of nitrogens with one attached hydrogen (secondary N) is 1. The molecule has 0 aromatic carbocycles. The summed E-state index contributed by atoms with van der Waals surface area (Å²) >= 11 is 0. The van der Waals surface area contributed by atoms with Crippen molar-refractivity contribution in [3.05, 3.63) is 18.0 Å². The van der Waals surface area contributed by atoms with E-state index in [-0.39, 0.29) is 23.7 Å². The van der Waals surface area contributed by atoms with Crippen molar-refractivity contribution in [2.24, 2.45) is 12.5 Å². The Balaban J connectivity index is 2.15. The molecule has 2 rings (SSSR count). The molecule has 1 heterocycles. The van der Waals surface area contributed by atoms with Gasteiger partial charge in [-0.1, -0.05) is 12.8 Å². The Morgan fingerprint density at radius 3 is 2.52 bits per heavy atom. The van der Waals surface area contributed by atoms with Crippen LogP contribution in [0, 0.1) is 5.41 Å². The van der Waals surface area contributed by atoms with Crippen LogP contribution in [0.2, 0.25) is 0 Å². The van der Waals surface area contributed by atoms with E-state index in [0.717, 1.165) is 31.7 Å². The molecule has 1 aliphatic carbocycles. The number of aromatic nitrogens is 1. The summed E-state index contributed by atoms with van der Waals surface area (Å²) in [5.41, 5.74) is -0.481. The van der Waals surface area contributed by atoms with Gasteiger partial charge in [-0.2, -0.15) is 0 Å². The third kappa shape index (κ3) is 3.28. The molecule has 1 fully saturated rings. The molecule has 0 spiro atoms. The van der Waals surface area contributed by atoms with Crippen molar-refractivity contribution in [1.82, 2.24) is 9.29 Å². The number of hydrogen-bond acceptors (Lipinski definition) is 4. The molecule has 1 aromatic heterocycles. The summed E-state index contributed by atoms with van der Waals surface area (Å²) in [5.74, 6) is -1.18. The van der Waals surface area contributed by atoms with Crippen molar-refractivity contribution in [2.75, 3.05) is 13.2 Å². The van der Waals surface area contributed by atoms with E-state index >= 15 is 0 Å². The van der Waals surface area contributed by atoms with Crippen LogP contribution in [0.3, 0.4) is 0 Å². The number of nitrogens with zero attached hydrogens (tertiary/aromatic N) is 1. The lowest BCUT2D eigenvalue weighted by molar-refractivity contribution is 0.0686. The summed E-state index contributed by atoms with van der Waals surface area (Å²) in [4.78, 5) is 10.9. The topological polar surface area (TPSA) is 109 Å². The van der Waals surface area contributed by atoms with Gasteiger partial charge in [-0.25, -0.2) is 17.9 Å². The molecule has 1 saturated carbocycles. The standard InChI is InChI=1S/C13H20N2O5S/c1-15-7-10(6-11(15)12(17)18)21(19,20)14-8-13(9-16)4-2-3-5-13/h6-7,14,16H,2-5,8-9H2,1H3,(H,17,18). The molecule has 3 N–H and O–H groups in total. The van der Waals surface area contributed by atoms with Gasteiger partial charge in [0.2, 0.25) is 10.0 Å². The molecule has 0 radical (unpaired) electrons. The minimum atomic E-state index is -3.78. The zero-order valence-corrected chi connectivity index (χ0v) is 12.7. The first-order valence-electron chi connectivity index (χ1n) is 6.80. The molecule has 1 aromatic rings. The van der Waals surface area contributed by atoms with Crippen LogP contribution >= 0.6 is 0 Å². The summed E-state index contributed by atoms with van der Waals surface area (Å²) in [6.45, 7) is 0.119. The van der Waals surface area contributed by atoms with Gasteiger partial charge in [0.25, 0.3) is 0 Å². The molecule has 118 valence electrons. The van der Waals surface area contributed by atoms with Crippen molar-refractivity contribution in [1.29, 1.82) is 0 Å². The van der Waals surface area contributed by atoms with E-state index in [1.807, 2.05) is 0 Å². The number of aliphatic hydroxyl groups is 1. The number of rotatable bonds is 6. The molecule has 7 nitrogen and oxygen atoms in total. The fourth-order valence-corrected chi connectivity index (χ4v) is 3.97. The lowest BCUT2D eigenvalue weighted by Crippen LogP contribution is -2.38. The monoisotopic (exact) mass is 316 g/mol. The van der Waals surface area contributed by atoms with Gasteiger partial charge in [-0.15, -0.1) is 0 Å². The molecule has 8 heteroatoms. The average Bonchev–Trinajstić information content (AvgIpc) is 3.04. The number of aliphatic hydroxyl groups excluding tert-OH is 1. The number of aromatic carboxylic acids is 1. The van der Waals surface area contributed by atoms with Crippen molar-refractivity contribution >= 4 is 16.0 Å². The minimum Gasteiger partial charge on any atom is -0.477 e. The fourth-order valence-electron chi connectivity index (χ4n) is 2.74. The van der Waals surface area contributed by atoms with E-state index < -0.39 is 21.4 Å². The lowest BCUT2D eigenvalue weighted by Gasteiger charge is -2.26. The molecule has 0 bridgehead atoms. The quantitative estimate of drug-likeness (QED) is 0.710. The van der Waals surface area contributed by atoms with E-state index in [2.05, 4.69) is 4.72 Å². The van der Waals surface area contributed by atoms with E-state index in [4.69, 9.17) is 5.11 Å². The van der Waals surface area contributed by atoms with Crippen molar-refractivity contribution in [3.63, 3.8) is 0 Å². The van der Waals surface area contributed by atoms with Crippen LogP contribution in [-0.4, -0.2) is 42.3 Å². The third-order valence-corrected chi connectivity index (χ3v) is 5.51. The maximum Gasteiger partial charge on any atom is 0.352 e. The SMILES string of the molecule is Cn1cc(S(=O)(=O)NCC2(CO)CCCC2)cc1C(=O)O. The highest BCUT2D eigenvalue weighted by atomic mass is 32.2. The third-order valence-electron chi connectivity index (χ3n) is 4.15. The molecule has 1 aliphatic rings. The number of carboxylic acid groups (broad SMARTS) is 1. The van der Waals surface area contributed by atoms with Crippen molar-refractivity contribution in [3.8, 4) is 0 Å². The zero-order chi connectivity index (χ0) is 15.7. The Morgan fingerprint density at radius 1 is 1.43 bits per heavy atom. The van der Waals surface area contributed by atoms with Crippen LogP contribution < -0.4 is 4.72 Å². The maximum atomic E-state index is 12.2. The minimum absolute atomic E-state index is 0.0509. The normalized spacial score (nSPS) is 18.0. The van der Waals surface area contributed by atoms with E-state index in [1.165, 1.54) is 17.8 Å². The summed E-state index contributed by atoms with van der Waals surface area (Å²) in [6, 6.07) is 1.13. The van der Waals surface area contributed by atoms with Gasteiger partial charge in [0.1, 0.15) is 10.6 Å². The molecular formula is C13H20N2O5S. The van der Waals surface area contributed by atoms with Crippen LogP contribution in [-0.2, 0) is 17.1 Å². The van der Waals surface area contributed by atoms with Gasteiger partial charge in [0, 0.05) is 31.8 Å². The Hall–Kier alpha value is -1.38. The van der Waals surface area contributed by atoms with Gasteiger partial charge in [-0.05, 0) is 18.9 Å². The fraction of sp³-hybridized carbons (Fsp3) is 0.615. The Kier molecular flexibility index (Phi) is 4.40. The molecule has 0 atom stereocenters. The first kappa shape index (κ1) is 16.0. The van der Waals surface area contributed by atoms with Crippen molar-refractivity contribution in [2.45, 2.75) is 30.6 Å². The molecular weight excluding hydrogens is 296 g/mol. The first-order valence-corrected chi connectivity index (χ1v) is 8.28. The largest absolute Gasteiger partial charge is 0.477 e. The van der Waals surface area contributed by atoms with Crippen LogP contribution in [0.1, 0.15) is 36.2 Å². The number of carboxylic acids is 1. The highest BCUT2D eigenvalue weighted by Gasteiger charge is 2.34. The zero-order valence-electron chi connectivity index (χ0n) is 11.9. The molecule has 21 heavy (non-hydrogen) atoms. The second-order valence-corrected chi connectivity index (χ2v) is 7.43. The Morgan fingerprint density at radius 2 is 2.05 bits per heavy atom. The first-order chi connectivity index (χ1) is 9.80. The number of aryl methyl sites for hydroxylation is 1. The summed E-state index contributed by atoms with van der Waals surface area (Å²) in [6.07, 6.45) is 4.82. The van der Waals surface area contributed by atoms with E-state index in [0.29, 0.717) is 0 Å². The predicted molar refractivity (Wildman–Crippen MR) is 75.5 cm³/mol. The number of sulfonamides is 1. The summed E-state index contributed by atoms with van der Waals surface area (Å²) in [7, 11) is -2.30. The van der Waals surface area contributed by atoms with E-state index in [1.54, 1.807) is 0 Å². The molecule has 0 unspecified atom stereocenters. The number of hydrogen-bond donors (Lipinski definition) is 3. The van der Waals surface area contributed by atoms with Gasteiger partial charge >= 0.3 is 5.97 Å². The second-order valence-electron chi connectivity index (χ2n) is 5.67. The summed E-state index contributed by atoms with van der Waals surface area (Å²) in [5, 5.41) is 18.4. The molecule has 0 saturated heterocycles. The highest BCUT2D eigenvalue weighted by Crippen LogP contribution is 2.37. The van der Waals surface area contributed by atoms with Gasteiger partial charge in [0.15, 0.2) is 0 Å². The Bertz CT molecular complexity index is 629. The van der Waals surface area contributed by atoms with Gasteiger partial charge in [-0.3, -0.25) is 0 Å². The van der Waals surface area contributed by atoms with Gasteiger partial charge < -0.3 is 14.8 Å². The molecule has 0 aliphatic heterocycles. The molecule has 0 amide bonds. The average molecular weight is 316 g/mol. The smallest absolute Gasteiger partial charge is 0.352 e. The van der Waals surface area contributed by atoms with Crippen LogP contribution in [0.5, 0.6) is 0 Å². The van der Waals surface area contributed by atoms with Crippen LogP contribution in [0.4, 0.5) is 0 Å². The van der Waals surface area contributed by atoms with Crippen molar-refractivity contribution < 1.29 is 23.4 Å². The maximum absolute atomic E-state index is 12.2. The Labute approximate surface area is 123 Å². The second kappa shape index (κ2) is 5.78. The summed E-state index contributed by atoms with van der Waals surface area (Å²) < 4.78 is 28.2. The lowest BCUT2D eigenvalue weighted by atomic mass is 9.88. The van der Waals surface area contributed by atoms with Crippen LogP contribution in [0.15, 0.2) is 17.2 Å². The number of carbonyl (C=O) groups is 1. The van der Waals surface area contributed by atoms with Gasteiger partial charge in [0.05, 0.1) is 0 Å². The predicted octanol–water partition coefficient (Wildman–Crippen LogP) is 0.554.